The van der Waals surface area contributed by atoms with Gasteiger partial charge < -0.3 is 55.5 Å². The van der Waals surface area contributed by atoms with E-state index in [1.807, 2.05) is 6.07 Å². The smallest absolute Gasteiger partial charge is 0.326 e. The third-order valence-electron chi connectivity index (χ3n) is 6.36. The molecule has 1 aromatic carbocycles. The van der Waals surface area contributed by atoms with Gasteiger partial charge in [0.15, 0.2) is 11.9 Å². The summed E-state index contributed by atoms with van der Waals surface area (Å²) in [7, 11) is 0. The average Bonchev–Trinajstić information content (AvgIpc) is 2.95. The lowest BCUT2D eigenvalue weighted by Crippen LogP contribution is -2.57. The van der Waals surface area contributed by atoms with E-state index in [0.717, 1.165) is 5.56 Å². The number of benzene rings is 1. The molecule has 0 spiro atoms. The van der Waals surface area contributed by atoms with E-state index in [1.54, 1.807) is 24.3 Å². The molecule has 0 heterocycles. The highest BCUT2D eigenvalue weighted by atomic mass is 16.4. The van der Waals surface area contributed by atoms with Crippen LogP contribution in [-0.2, 0) is 25.6 Å². The Bertz CT molecular complexity index is 1080. The standard InChI is InChI=1S/C27H47N11O5/c28-13-5-4-10-18(29)22(39)38-21(16-17-8-2-1-3-9-17)24(41)36-19(11-6-14-34-26(30)31)23(40)37-20(25(42)43)12-7-15-35-27(32)33/h1-3,8-9,18-21H,4-7,10-16,28-29H2,(H,36,41)(H,37,40)(H,38,39)(H,42,43)(H4,30,31,34)(H4,32,33,35). The molecule has 4 atom stereocenters. The number of nitrogens with zero attached hydrogens (tertiary/aromatic N) is 2. The molecule has 1 aromatic rings. The Morgan fingerprint density at radius 2 is 1.21 bits per heavy atom. The molecule has 0 aliphatic rings. The monoisotopic (exact) mass is 605 g/mol. The van der Waals surface area contributed by atoms with Crippen molar-refractivity contribution >= 4 is 35.6 Å². The van der Waals surface area contributed by atoms with Crippen LogP contribution in [0, 0.1) is 0 Å². The van der Waals surface area contributed by atoms with Gasteiger partial charge in [0.05, 0.1) is 6.04 Å². The van der Waals surface area contributed by atoms with E-state index < -0.39 is 47.9 Å². The fourth-order valence-electron chi connectivity index (χ4n) is 4.06. The molecule has 0 aromatic heterocycles. The lowest BCUT2D eigenvalue weighted by atomic mass is 10.0. The zero-order chi connectivity index (χ0) is 32.2. The minimum atomic E-state index is -1.26. The van der Waals surface area contributed by atoms with Crippen LogP contribution < -0.4 is 50.4 Å². The van der Waals surface area contributed by atoms with Crippen LogP contribution in [0.25, 0.3) is 0 Å². The number of carbonyl (C=O) groups excluding carboxylic acids is 3. The van der Waals surface area contributed by atoms with E-state index in [2.05, 4.69) is 25.9 Å². The van der Waals surface area contributed by atoms with Crippen molar-refractivity contribution in [2.45, 2.75) is 75.5 Å². The minimum absolute atomic E-state index is 0.0429. The Morgan fingerprint density at radius 1 is 0.698 bits per heavy atom. The summed E-state index contributed by atoms with van der Waals surface area (Å²) in [6, 6.07) is 4.66. The maximum Gasteiger partial charge on any atom is 0.326 e. The van der Waals surface area contributed by atoms with Gasteiger partial charge in [-0.1, -0.05) is 36.8 Å². The Morgan fingerprint density at radius 3 is 1.74 bits per heavy atom. The van der Waals surface area contributed by atoms with Crippen molar-refractivity contribution in [3.05, 3.63) is 35.9 Å². The molecule has 43 heavy (non-hydrogen) atoms. The summed E-state index contributed by atoms with van der Waals surface area (Å²) in [4.78, 5) is 59.2. The van der Waals surface area contributed by atoms with E-state index in [0.29, 0.717) is 32.2 Å². The number of rotatable bonds is 21. The molecule has 3 amide bonds. The summed E-state index contributed by atoms with van der Waals surface area (Å²) in [5.74, 6) is -3.42. The number of carboxylic acid groups (broad SMARTS) is 1. The molecule has 1 rings (SSSR count). The number of amides is 3. The van der Waals surface area contributed by atoms with Crippen LogP contribution in [0.15, 0.2) is 40.3 Å². The van der Waals surface area contributed by atoms with Crippen LogP contribution in [0.3, 0.4) is 0 Å². The number of hydrogen-bond acceptors (Lipinski definition) is 8. The number of nitrogens with one attached hydrogen (secondary N) is 3. The maximum absolute atomic E-state index is 13.5. The van der Waals surface area contributed by atoms with Gasteiger partial charge in [0.25, 0.3) is 0 Å². The average molecular weight is 606 g/mol. The molecule has 0 radical (unpaired) electrons. The zero-order valence-corrected chi connectivity index (χ0v) is 24.4. The van der Waals surface area contributed by atoms with Gasteiger partial charge in [0.1, 0.15) is 18.1 Å². The van der Waals surface area contributed by atoms with Crippen LogP contribution in [-0.4, -0.2) is 84.5 Å². The summed E-state index contributed by atoms with van der Waals surface area (Å²) in [6.45, 7) is 0.819. The first-order chi connectivity index (χ1) is 20.4. The van der Waals surface area contributed by atoms with Crippen LogP contribution in [0.5, 0.6) is 0 Å². The Kier molecular flexibility index (Phi) is 17.4. The van der Waals surface area contributed by atoms with Crippen molar-refractivity contribution in [2.24, 2.45) is 44.4 Å². The normalized spacial score (nSPS) is 13.4. The van der Waals surface area contributed by atoms with Gasteiger partial charge in [-0.05, 0) is 50.6 Å². The SMILES string of the molecule is NCCCCC(N)C(=O)NC(Cc1ccccc1)C(=O)NC(CCCN=C(N)N)C(=O)NC(CCCN=C(N)N)C(=O)O. The molecule has 0 aliphatic heterocycles. The number of nitrogens with two attached hydrogens (primary N) is 6. The first-order valence-electron chi connectivity index (χ1n) is 14.2. The molecule has 0 bridgehead atoms. The molecule has 0 saturated heterocycles. The Labute approximate surface area is 251 Å². The van der Waals surface area contributed by atoms with Crippen LogP contribution in [0.4, 0.5) is 0 Å². The predicted molar refractivity (Wildman–Crippen MR) is 164 cm³/mol. The van der Waals surface area contributed by atoms with Crippen LogP contribution in [0.1, 0.15) is 50.5 Å². The fourth-order valence-corrected chi connectivity index (χ4v) is 4.06. The molecule has 16 N–H and O–H groups in total. The summed E-state index contributed by atoms with van der Waals surface area (Å²) < 4.78 is 0. The van der Waals surface area contributed by atoms with Gasteiger partial charge >= 0.3 is 5.97 Å². The molecule has 240 valence electrons. The van der Waals surface area contributed by atoms with E-state index >= 15 is 0 Å². The molecule has 0 fully saturated rings. The van der Waals surface area contributed by atoms with Crippen molar-refractivity contribution < 1.29 is 24.3 Å². The van der Waals surface area contributed by atoms with Gasteiger partial charge in [-0.15, -0.1) is 0 Å². The van der Waals surface area contributed by atoms with Crippen LogP contribution in [0.2, 0.25) is 0 Å². The topological polar surface area (TPSA) is 305 Å². The molecule has 0 aliphatic carbocycles. The Balaban J connectivity index is 3.11. The minimum Gasteiger partial charge on any atom is -0.480 e. The highest BCUT2D eigenvalue weighted by Gasteiger charge is 2.30. The van der Waals surface area contributed by atoms with E-state index in [1.165, 1.54) is 0 Å². The number of guanidine groups is 2. The first-order valence-corrected chi connectivity index (χ1v) is 14.2. The third kappa shape index (κ3) is 16.0. The van der Waals surface area contributed by atoms with Gasteiger partial charge in [-0.25, -0.2) is 4.79 Å². The maximum atomic E-state index is 13.5. The number of hydrogen-bond donors (Lipinski definition) is 10. The molecule has 4 unspecified atom stereocenters. The van der Waals surface area contributed by atoms with Gasteiger partial charge in [-0.2, -0.15) is 0 Å². The van der Waals surface area contributed by atoms with Crippen molar-refractivity contribution in [3.63, 3.8) is 0 Å². The van der Waals surface area contributed by atoms with Crippen molar-refractivity contribution in [3.8, 4) is 0 Å². The summed E-state index contributed by atoms with van der Waals surface area (Å²) in [5.41, 5.74) is 33.7. The van der Waals surface area contributed by atoms with E-state index in [9.17, 15) is 24.3 Å². The third-order valence-corrected chi connectivity index (χ3v) is 6.36. The van der Waals surface area contributed by atoms with E-state index in [-0.39, 0.29) is 50.7 Å². The highest BCUT2D eigenvalue weighted by molar-refractivity contribution is 5.94. The lowest BCUT2D eigenvalue weighted by molar-refractivity contribution is -0.142. The van der Waals surface area contributed by atoms with Crippen molar-refractivity contribution in [2.75, 3.05) is 19.6 Å². The lowest BCUT2D eigenvalue weighted by Gasteiger charge is -2.25. The number of aliphatic carboxylic acids is 1. The number of carboxylic acids is 1. The number of aliphatic imine (C=N–C) groups is 2. The molecule has 16 heteroatoms. The fraction of sp³-hybridized carbons (Fsp3) is 0.556. The quantitative estimate of drug-likeness (QED) is 0.0391. The van der Waals surface area contributed by atoms with Crippen molar-refractivity contribution in [1.82, 2.24) is 16.0 Å². The van der Waals surface area contributed by atoms with Gasteiger partial charge in [0.2, 0.25) is 17.7 Å². The second kappa shape index (κ2) is 20.4. The second-order valence-electron chi connectivity index (χ2n) is 10.0. The summed E-state index contributed by atoms with van der Waals surface area (Å²) in [5, 5.41) is 17.5. The largest absolute Gasteiger partial charge is 0.480 e. The Hall–Kier alpha value is -4.44. The number of carbonyl (C=O) groups is 4. The second-order valence-corrected chi connectivity index (χ2v) is 10.0. The highest BCUT2D eigenvalue weighted by Crippen LogP contribution is 2.08. The van der Waals surface area contributed by atoms with Gasteiger partial charge in [-0.3, -0.25) is 24.4 Å². The van der Waals surface area contributed by atoms with Gasteiger partial charge in [0, 0.05) is 19.5 Å². The molecule has 16 nitrogen and oxygen atoms in total. The number of unbranched alkanes of at least 4 members (excludes halogenated alkanes) is 1. The summed E-state index contributed by atoms with van der Waals surface area (Å²) >= 11 is 0. The summed E-state index contributed by atoms with van der Waals surface area (Å²) in [6.07, 6.45) is 2.57. The van der Waals surface area contributed by atoms with Crippen LogP contribution >= 0.6 is 0 Å². The van der Waals surface area contributed by atoms with Crippen molar-refractivity contribution in [1.29, 1.82) is 0 Å². The zero-order valence-electron chi connectivity index (χ0n) is 24.4. The molecular weight excluding hydrogens is 558 g/mol. The molecule has 0 saturated carbocycles. The predicted octanol–water partition coefficient (Wildman–Crippen LogP) is -2.67. The van der Waals surface area contributed by atoms with E-state index in [4.69, 9.17) is 34.4 Å². The first kappa shape index (κ1) is 36.6. The molecular formula is C27H47N11O5.